The van der Waals surface area contributed by atoms with Crippen molar-refractivity contribution in [2.45, 2.75) is 65.8 Å². The molecule has 0 N–H and O–H groups in total. The highest BCUT2D eigenvalue weighted by molar-refractivity contribution is 6.31. The average molecular weight is 291 g/mol. The lowest BCUT2D eigenvalue weighted by molar-refractivity contribution is 0.371. The van der Waals surface area contributed by atoms with Crippen molar-refractivity contribution in [2.24, 2.45) is 5.41 Å². The SMILES string of the molecule is CCc1nn(CC)c(CCC(Cl)C(C)(C)C)c1Cl. The highest BCUT2D eigenvalue weighted by Crippen LogP contribution is 2.30. The summed E-state index contributed by atoms with van der Waals surface area (Å²) >= 11 is 12.8. The Morgan fingerprint density at radius 1 is 1.28 bits per heavy atom. The van der Waals surface area contributed by atoms with Crippen molar-refractivity contribution < 1.29 is 0 Å². The predicted molar refractivity (Wildman–Crippen MR) is 79.7 cm³/mol. The molecule has 0 spiro atoms. The zero-order chi connectivity index (χ0) is 13.9. The summed E-state index contributed by atoms with van der Waals surface area (Å²) in [5.74, 6) is 0. The van der Waals surface area contributed by atoms with E-state index in [1.54, 1.807) is 0 Å². The van der Waals surface area contributed by atoms with Gasteiger partial charge < -0.3 is 0 Å². The van der Waals surface area contributed by atoms with Gasteiger partial charge in [-0.2, -0.15) is 5.10 Å². The van der Waals surface area contributed by atoms with E-state index in [-0.39, 0.29) is 10.8 Å². The molecule has 0 saturated heterocycles. The van der Waals surface area contributed by atoms with Gasteiger partial charge in [-0.15, -0.1) is 11.6 Å². The molecule has 1 aromatic heterocycles. The molecule has 0 aliphatic carbocycles. The van der Waals surface area contributed by atoms with Crippen LogP contribution in [0.1, 0.15) is 52.4 Å². The van der Waals surface area contributed by atoms with E-state index in [1.807, 2.05) is 4.68 Å². The van der Waals surface area contributed by atoms with E-state index in [1.165, 1.54) is 0 Å². The van der Waals surface area contributed by atoms with Crippen LogP contribution in [-0.4, -0.2) is 15.2 Å². The van der Waals surface area contributed by atoms with E-state index in [9.17, 15) is 0 Å². The van der Waals surface area contributed by atoms with Gasteiger partial charge in [0.05, 0.1) is 16.4 Å². The molecular weight excluding hydrogens is 267 g/mol. The van der Waals surface area contributed by atoms with Crippen molar-refractivity contribution >= 4 is 23.2 Å². The minimum atomic E-state index is 0.124. The lowest BCUT2D eigenvalue weighted by Gasteiger charge is -2.25. The Morgan fingerprint density at radius 3 is 2.33 bits per heavy atom. The van der Waals surface area contributed by atoms with Gasteiger partial charge in [-0.25, -0.2) is 0 Å². The Labute approximate surface area is 121 Å². The van der Waals surface area contributed by atoms with Crippen molar-refractivity contribution in [2.75, 3.05) is 0 Å². The maximum Gasteiger partial charge on any atom is 0.0849 e. The fourth-order valence-electron chi connectivity index (χ4n) is 1.95. The second kappa shape index (κ2) is 6.29. The van der Waals surface area contributed by atoms with Crippen molar-refractivity contribution in [3.63, 3.8) is 0 Å². The molecule has 0 aliphatic heterocycles. The van der Waals surface area contributed by atoms with E-state index in [2.05, 4.69) is 39.7 Å². The van der Waals surface area contributed by atoms with E-state index in [4.69, 9.17) is 23.2 Å². The Bertz CT molecular complexity index is 391. The second-order valence-electron chi connectivity index (χ2n) is 5.75. The third-order valence-corrected chi connectivity index (χ3v) is 4.58. The van der Waals surface area contributed by atoms with E-state index < -0.39 is 0 Å². The molecule has 1 unspecified atom stereocenters. The third kappa shape index (κ3) is 3.64. The Kier molecular flexibility index (Phi) is 5.54. The van der Waals surface area contributed by atoms with E-state index in [0.29, 0.717) is 0 Å². The summed E-state index contributed by atoms with van der Waals surface area (Å²) in [6.45, 7) is 11.5. The number of halogens is 2. The standard InChI is InChI=1S/C14H24Cl2N2/c1-6-10-13(16)11(18(7-2)17-10)8-9-12(15)14(3,4)5/h12H,6-9H2,1-5H3. The first-order valence-electron chi connectivity index (χ1n) is 6.69. The van der Waals surface area contributed by atoms with Gasteiger partial charge in [-0.05, 0) is 31.6 Å². The molecule has 1 atom stereocenters. The molecule has 104 valence electrons. The molecule has 0 amide bonds. The van der Waals surface area contributed by atoms with Crippen molar-refractivity contribution in [3.8, 4) is 0 Å². The highest BCUT2D eigenvalue weighted by Gasteiger charge is 2.23. The van der Waals surface area contributed by atoms with Crippen molar-refractivity contribution in [3.05, 3.63) is 16.4 Å². The third-order valence-electron chi connectivity index (χ3n) is 3.27. The first-order valence-corrected chi connectivity index (χ1v) is 7.50. The number of alkyl halides is 1. The minimum absolute atomic E-state index is 0.124. The van der Waals surface area contributed by atoms with Gasteiger partial charge in [0.1, 0.15) is 0 Å². The van der Waals surface area contributed by atoms with Crippen LogP contribution in [0.25, 0.3) is 0 Å². The summed E-state index contributed by atoms with van der Waals surface area (Å²) in [5.41, 5.74) is 2.25. The van der Waals surface area contributed by atoms with Gasteiger partial charge in [0.25, 0.3) is 0 Å². The zero-order valence-electron chi connectivity index (χ0n) is 12.1. The molecule has 0 bridgehead atoms. The van der Waals surface area contributed by atoms with Crippen LogP contribution in [0.5, 0.6) is 0 Å². The molecule has 0 radical (unpaired) electrons. The molecule has 0 fully saturated rings. The van der Waals surface area contributed by atoms with E-state index >= 15 is 0 Å². The largest absolute Gasteiger partial charge is 0.268 e. The topological polar surface area (TPSA) is 17.8 Å². The first-order chi connectivity index (χ1) is 8.31. The molecule has 1 aromatic rings. The van der Waals surface area contributed by atoms with Crippen molar-refractivity contribution in [1.82, 2.24) is 9.78 Å². The molecule has 0 aliphatic rings. The smallest absolute Gasteiger partial charge is 0.0849 e. The molecule has 18 heavy (non-hydrogen) atoms. The summed E-state index contributed by atoms with van der Waals surface area (Å²) in [5, 5.41) is 5.51. The summed E-state index contributed by atoms with van der Waals surface area (Å²) < 4.78 is 2.01. The summed E-state index contributed by atoms with van der Waals surface area (Å²) in [4.78, 5) is 0. The van der Waals surface area contributed by atoms with Gasteiger partial charge in [-0.3, -0.25) is 4.68 Å². The summed E-state index contributed by atoms with van der Waals surface area (Å²) in [7, 11) is 0. The fraction of sp³-hybridized carbons (Fsp3) is 0.786. The van der Waals surface area contributed by atoms with Crippen LogP contribution in [0, 0.1) is 5.41 Å². The van der Waals surface area contributed by atoms with Crippen LogP contribution >= 0.6 is 23.2 Å². The monoisotopic (exact) mass is 290 g/mol. The van der Waals surface area contributed by atoms with Crippen LogP contribution in [0.3, 0.4) is 0 Å². The fourth-order valence-corrected chi connectivity index (χ4v) is 2.43. The van der Waals surface area contributed by atoms with Crippen LogP contribution < -0.4 is 0 Å². The Balaban J connectivity index is 2.81. The Morgan fingerprint density at radius 2 is 1.89 bits per heavy atom. The lowest BCUT2D eigenvalue weighted by atomic mass is 9.89. The number of rotatable bonds is 5. The quantitative estimate of drug-likeness (QED) is 0.719. The summed E-state index contributed by atoms with van der Waals surface area (Å²) in [6.07, 6.45) is 2.70. The number of aromatic nitrogens is 2. The van der Waals surface area contributed by atoms with Gasteiger partial charge in [0.2, 0.25) is 0 Å². The maximum atomic E-state index is 6.42. The van der Waals surface area contributed by atoms with Crippen LogP contribution in [-0.2, 0) is 19.4 Å². The van der Waals surface area contributed by atoms with Gasteiger partial charge >= 0.3 is 0 Å². The maximum absolute atomic E-state index is 6.42. The van der Waals surface area contributed by atoms with Crippen molar-refractivity contribution in [1.29, 1.82) is 0 Å². The molecule has 1 heterocycles. The molecule has 4 heteroatoms. The lowest BCUT2D eigenvalue weighted by Crippen LogP contribution is -2.21. The van der Waals surface area contributed by atoms with Gasteiger partial charge in [-0.1, -0.05) is 39.3 Å². The Hall–Kier alpha value is -0.210. The number of hydrogen-bond donors (Lipinski definition) is 0. The molecular formula is C14H24Cl2N2. The average Bonchev–Trinajstić information content (AvgIpc) is 2.61. The summed E-state index contributed by atoms with van der Waals surface area (Å²) in [6, 6.07) is 0. The first kappa shape index (κ1) is 15.8. The predicted octanol–water partition coefficient (Wildman–Crippen LogP) is 4.70. The van der Waals surface area contributed by atoms with Crippen LogP contribution in [0.4, 0.5) is 0 Å². The van der Waals surface area contributed by atoms with Crippen LogP contribution in [0.2, 0.25) is 5.02 Å². The van der Waals surface area contributed by atoms with E-state index in [0.717, 1.165) is 42.2 Å². The zero-order valence-corrected chi connectivity index (χ0v) is 13.6. The number of aryl methyl sites for hydroxylation is 2. The minimum Gasteiger partial charge on any atom is -0.268 e. The van der Waals surface area contributed by atoms with Gasteiger partial charge in [0.15, 0.2) is 0 Å². The molecule has 2 nitrogen and oxygen atoms in total. The van der Waals surface area contributed by atoms with Crippen LogP contribution in [0.15, 0.2) is 0 Å². The molecule has 0 aromatic carbocycles. The second-order valence-corrected chi connectivity index (χ2v) is 6.65. The number of hydrogen-bond acceptors (Lipinski definition) is 1. The van der Waals surface area contributed by atoms with Gasteiger partial charge in [0, 0.05) is 11.9 Å². The number of nitrogens with zero attached hydrogens (tertiary/aromatic N) is 2. The normalized spacial score (nSPS) is 13.9. The highest BCUT2D eigenvalue weighted by atomic mass is 35.5. The molecule has 1 rings (SSSR count). The molecule has 0 saturated carbocycles.